The zero-order valence-electron chi connectivity index (χ0n) is 18.2. The van der Waals surface area contributed by atoms with Crippen LogP contribution in [0.15, 0.2) is 54.6 Å². The van der Waals surface area contributed by atoms with Gasteiger partial charge in [0.2, 0.25) is 0 Å². The lowest BCUT2D eigenvalue weighted by Crippen LogP contribution is -2.25. The molecular weight excluding hydrogens is 477 g/mol. The Kier molecular flexibility index (Phi) is 6.02. The molecule has 1 aliphatic rings. The van der Waals surface area contributed by atoms with Gasteiger partial charge in [-0.15, -0.1) is 0 Å². The Morgan fingerprint density at radius 1 is 0.914 bits per heavy atom. The summed E-state index contributed by atoms with van der Waals surface area (Å²) in [6.45, 7) is 0. The zero-order valence-corrected chi connectivity index (χ0v) is 19.0. The first-order chi connectivity index (χ1) is 16.8. The van der Waals surface area contributed by atoms with Crippen molar-refractivity contribution in [1.82, 2.24) is 4.98 Å². The Bertz CT molecular complexity index is 1450. The number of rotatable bonds is 6. The quantitative estimate of drug-likeness (QED) is 0.287. The monoisotopic (exact) mass is 496 g/mol. The minimum atomic E-state index is -0.940. The third-order valence-corrected chi connectivity index (χ3v) is 7.29. The first-order valence-corrected chi connectivity index (χ1v) is 11.8. The van der Waals surface area contributed by atoms with Crippen LogP contribution in [0.25, 0.3) is 21.3 Å². The van der Waals surface area contributed by atoms with Crippen LogP contribution in [0.2, 0.25) is 0 Å². The summed E-state index contributed by atoms with van der Waals surface area (Å²) in [5.74, 6) is -4.32. The van der Waals surface area contributed by atoms with Gasteiger partial charge >= 0.3 is 5.97 Å². The highest BCUT2D eigenvalue weighted by Gasteiger charge is 2.37. The number of nitrogens with one attached hydrogen (secondary N) is 1. The van der Waals surface area contributed by atoms with E-state index < -0.39 is 35.3 Å². The van der Waals surface area contributed by atoms with Gasteiger partial charge in [0.15, 0.2) is 10.9 Å². The van der Waals surface area contributed by atoms with Crippen molar-refractivity contribution in [2.75, 3.05) is 5.32 Å². The van der Waals surface area contributed by atoms with Crippen molar-refractivity contribution in [3.05, 3.63) is 77.6 Å². The SMILES string of the molecule is O=C(O)[C@@H]1CCC[C@H]1C(=O)c1ccc(-c2ccc(Nc3nc4cc(F)cc(F)c4s3)c(F)c2)cc1. The van der Waals surface area contributed by atoms with Gasteiger partial charge in [-0.05, 0) is 36.1 Å². The third-order valence-electron chi connectivity index (χ3n) is 6.29. The molecule has 0 unspecified atom stereocenters. The number of carboxylic acid groups (broad SMARTS) is 1. The van der Waals surface area contributed by atoms with Crippen LogP contribution in [0.5, 0.6) is 0 Å². The number of ketones is 1. The van der Waals surface area contributed by atoms with E-state index >= 15 is 0 Å². The van der Waals surface area contributed by atoms with Crippen LogP contribution in [0.3, 0.4) is 0 Å². The van der Waals surface area contributed by atoms with Crippen molar-refractivity contribution in [3.63, 3.8) is 0 Å². The predicted molar refractivity (Wildman–Crippen MR) is 127 cm³/mol. The fraction of sp³-hybridized carbons (Fsp3) is 0.192. The van der Waals surface area contributed by atoms with Gasteiger partial charge in [0.25, 0.3) is 0 Å². The number of carbonyl (C=O) groups excluding carboxylic acids is 1. The molecule has 2 atom stereocenters. The van der Waals surface area contributed by atoms with Crippen LogP contribution in [0, 0.1) is 29.3 Å². The summed E-state index contributed by atoms with van der Waals surface area (Å²) in [6, 6.07) is 13.1. The number of nitrogens with zero attached hydrogens (tertiary/aromatic N) is 1. The fourth-order valence-electron chi connectivity index (χ4n) is 4.53. The molecule has 0 saturated heterocycles. The molecule has 0 spiro atoms. The predicted octanol–water partition coefficient (Wildman–Crippen LogP) is 6.81. The smallest absolute Gasteiger partial charge is 0.307 e. The summed E-state index contributed by atoms with van der Waals surface area (Å²) in [5, 5.41) is 12.4. The summed E-state index contributed by atoms with van der Waals surface area (Å²) in [5.41, 5.74) is 1.97. The molecule has 35 heavy (non-hydrogen) atoms. The van der Waals surface area contributed by atoms with Gasteiger partial charge in [-0.25, -0.2) is 18.2 Å². The van der Waals surface area contributed by atoms with E-state index in [-0.39, 0.29) is 26.8 Å². The van der Waals surface area contributed by atoms with Gasteiger partial charge in [-0.2, -0.15) is 0 Å². The second-order valence-electron chi connectivity index (χ2n) is 8.50. The molecule has 3 aromatic carbocycles. The number of carbonyl (C=O) groups is 2. The third kappa shape index (κ3) is 4.51. The Morgan fingerprint density at radius 2 is 1.63 bits per heavy atom. The van der Waals surface area contributed by atoms with E-state index in [2.05, 4.69) is 10.3 Å². The molecule has 1 aromatic heterocycles. The minimum Gasteiger partial charge on any atom is -0.481 e. The molecule has 0 radical (unpaired) electrons. The van der Waals surface area contributed by atoms with E-state index in [0.717, 1.165) is 23.5 Å². The maximum Gasteiger partial charge on any atom is 0.307 e. The molecule has 1 aliphatic carbocycles. The molecule has 178 valence electrons. The van der Waals surface area contributed by atoms with E-state index in [4.69, 9.17) is 0 Å². The summed E-state index contributed by atoms with van der Waals surface area (Å²) >= 11 is 0.954. The van der Waals surface area contributed by atoms with Crippen molar-refractivity contribution < 1.29 is 27.9 Å². The Labute approximate surface area is 202 Å². The van der Waals surface area contributed by atoms with Crippen molar-refractivity contribution >= 4 is 44.1 Å². The van der Waals surface area contributed by atoms with Crippen LogP contribution in [0.4, 0.5) is 24.0 Å². The normalized spacial score (nSPS) is 17.6. The van der Waals surface area contributed by atoms with Crippen molar-refractivity contribution in [2.24, 2.45) is 11.8 Å². The number of aliphatic carboxylic acids is 1. The molecule has 9 heteroatoms. The molecule has 1 heterocycles. The van der Waals surface area contributed by atoms with Gasteiger partial charge in [-0.1, -0.05) is 48.1 Å². The fourth-order valence-corrected chi connectivity index (χ4v) is 5.40. The van der Waals surface area contributed by atoms with E-state index in [1.54, 1.807) is 30.3 Å². The topological polar surface area (TPSA) is 79.3 Å². The lowest BCUT2D eigenvalue weighted by atomic mass is 9.88. The van der Waals surface area contributed by atoms with Gasteiger partial charge in [0.05, 0.1) is 21.8 Å². The molecule has 5 rings (SSSR count). The molecule has 4 aromatic rings. The molecule has 2 N–H and O–H groups in total. The van der Waals surface area contributed by atoms with Gasteiger partial charge in [0, 0.05) is 23.6 Å². The first-order valence-electron chi connectivity index (χ1n) is 11.0. The van der Waals surface area contributed by atoms with Crippen molar-refractivity contribution in [3.8, 4) is 11.1 Å². The average molecular weight is 497 g/mol. The molecule has 1 fully saturated rings. The van der Waals surface area contributed by atoms with E-state index in [1.165, 1.54) is 12.1 Å². The lowest BCUT2D eigenvalue weighted by molar-refractivity contribution is -0.142. The standard InChI is InChI=1S/C26H19F3N2O3S/c27-16-11-20(29)24-22(12-16)31-26(35-24)30-21-9-8-15(10-19(21)28)13-4-6-14(7-5-13)23(32)17-2-1-3-18(17)25(33)34/h4-12,17-18H,1-3H2,(H,30,31)(H,33,34)/t17-,18-/m1/s1. The summed E-state index contributed by atoms with van der Waals surface area (Å²) in [6.07, 6.45) is 1.79. The van der Waals surface area contributed by atoms with Crippen LogP contribution in [-0.2, 0) is 4.79 Å². The van der Waals surface area contributed by atoms with Gasteiger partial charge in [0.1, 0.15) is 17.5 Å². The molecule has 0 bridgehead atoms. The van der Waals surface area contributed by atoms with Crippen molar-refractivity contribution in [2.45, 2.75) is 19.3 Å². The molecule has 5 nitrogen and oxygen atoms in total. The second kappa shape index (κ2) is 9.14. The minimum absolute atomic E-state index is 0.126. The molecule has 0 aliphatic heterocycles. The molecule has 1 saturated carbocycles. The largest absolute Gasteiger partial charge is 0.481 e. The Morgan fingerprint density at radius 3 is 2.34 bits per heavy atom. The number of thiazole rings is 1. The number of carboxylic acids is 1. The Hall–Kier alpha value is -3.72. The number of fused-ring (bicyclic) bond motifs is 1. The number of benzene rings is 3. The van der Waals surface area contributed by atoms with E-state index in [9.17, 15) is 27.9 Å². The first kappa shape index (κ1) is 23.0. The van der Waals surface area contributed by atoms with Crippen molar-refractivity contribution in [1.29, 1.82) is 0 Å². The number of hydrogen-bond acceptors (Lipinski definition) is 5. The average Bonchev–Trinajstić information content (AvgIpc) is 3.47. The highest BCUT2D eigenvalue weighted by atomic mass is 32.1. The van der Waals surface area contributed by atoms with Gasteiger partial charge in [-0.3, -0.25) is 9.59 Å². The lowest BCUT2D eigenvalue weighted by Gasteiger charge is -2.15. The molecule has 0 amide bonds. The number of Topliss-reactive ketones (excluding diaryl/α,β-unsaturated/α-hetero) is 1. The highest BCUT2D eigenvalue weighted by molar-refractivity contribution is 7.22. The Balaban J connectivity index is 1.33. The van der Waals surface area contributed by atoms with Crippen LogP contribution in [-0.4, -0.2) is 21.8 Å². The van der Waals surface area contributed by atoms with Crippen LogP contribution >= 0.6 is 11.3 Å². The maximum atomic E-state index is 14.8. The summed E-state index contributed by atoms with van der Waals surface area (Å²) in [4.78, 5) is 28.3. The van der Waals surface area contributed by atoms with Crippen LogP contribution < -0.4 is 5.32 Å². The van der Waals surface area contributed by atoms with E-state index in [1.807, 2.05) is 0 Å². The number of hydrogen-bond donors (Lipinski definition) is 2. The summed E-state index contributed by atoms with van der Waals surface area (Å²) < 4.78 is 42.3. The van der Waals surface area contributed by atoms with Crippen LogP contribution in [0.1, 0.15) is 29.6 Å². The highest BCUT2D eigenvalue weighted by Crippen LogP contribution is 2.35. The molecular formula is C26H19F3N2O3S. The maximum absolute atomic E-state index is 14.8. The second-order valence-corrected chi connectivity index (χ2v) is 9.50. The van der Waals surface area contributed by atoms with Gasteiger partial charge < -0.3 is 10.4 Å². The summed E-state index contributed by atoms with van der Waals surface area (Å²) in [7, 11) is 0. The van der Waals surface area contributed by atoms with E-state index in [0.29, 0.717) is 36.0 Å². The number of anilines is 2. The zero-order chi connectivity index (χ0) is 24.7. The number of aromatic nitrogens is 1. The number of halogens is 3.